The molecule has 3 aromatic heterocycles. The molecule has 0 radical (unpaired) electrons. The Balaban J connectivity index is 1.46. The summed E-state index contributed by atoms with van der Waals surface area (Å²) in [5.41, 5.74) is 2.98. The Bertz CT molecular complexity index is 1080. The number of hydrogen-bond donors (Lipinski definition) is 1. The number of halogens is 2. The van der Waals surface area contributed by atoms with Gasteiger partial charge in [-0.05, 0) is 30.9 Å². The minimum Gasteiger partial charge on any atom is -0.479 e. The third-order valence-corrected chi connectivity index (χ3v) is 5.73. The van der Waals surface area contributed by atoms with Crippen LogP contribution in [0.3, 0.4) is 0 Å². The second-order valence-corrected chi connectivity index (χ2v) is 7.65. The van der Waals surface area contributed by atoms with E-state index in [-0.39, 0.29) is 18.9 Å². The predicted molar refractivity (Wildman–Crippen MR) is 105 cm³/mol. The molecule has 0 spiro atoms. The molecule has 0 saturated heterocycles. The summed E-state index contributed by atoms with van der Waals surface area (Å²) in [5, 5.41) is 7.75. The van der Waals surface area contributed by atoms with E-state index in [9.17, 15) is 8.78 Å². The molecule has 5 rings (SSSR count). The first-order chi connectivity index (χ1) is 14.0. The number of hydrogen-bond acceptors (Lipinski definition) is 5. The fourth-order valence-electron chi connectivity index (χ4n) is 4.16. The van der Waals surface area contributed by atoms with Crippen LogP contribution >= 0.6 is 0 Å². The van der Waals surface area contributed by atoms with E-state index in [0.717, 1.165) is 35.3 Å². The van der Waals surface area contributed by atoms with E-state index in [4.69, 9.17) is 4.74 Å². The molecule has 152 valence electrons. The standard InChI is InChI=1S/C20H22F2N6O/c1-29-18-17-15(13-2-3-16-23-9-11-27(16)12-13)6-10-28(17)26-19(25-18)24-14-4-7-20(21,22)8-5-14/h6,9-12,14H,2-5,7-8H2,1H3,(H,24,26). The first-order valence-corrected chi connectivity index (χ1v) is 9.83. The van der Waals surface area contributed by atoms with E-state index in [1.807, 2.05) is 23.0 Å². The lowest BCUT2D eigenvalue weighted by Gasteiger charge is -2.28. The molecule has 7 nitrogen and oxygen atoms in total. The number of ether oxygens (including phenoxy) is 1. The molecule has 3 aromatic rings. The summed E-state index contributed by atoms with van der Waals surface area (Å²) >= 11 is 0. The number of nitrogens with zero attached hydrogens (tertiary/aromatic N) is 5. The number of aromatic nitrogens is 5. The van der Waals surface area contributed by atoms with Gasteiger partial charge in [-0.3, -0.25) is 0 Å². The molecule has 1 fully saturated rings. The van der Waals surface area contributed by atoms with Crippen molar-refractivity contribution in [2.24, 2.45) is 0 Å². The molecule has 1 N–H and O–H groups in total. The smallest absolute Gasteiger partial charge is 0.248 e. The summed E-state index contributed by atoms with van der Waals surface area (Å²) in [6.45, 7) is 0. The van der Waals surface area contributed by atoms with Gasteiger partial charge in [0.25, 0.3) is 0 Å². The summed E-state index contributed by atoms with van der Waals surface area (Å²) in [7, 11) is 1.58. The topological polar surface area (TPSA) is 69.3 Å². The summed E-state index contributed by atoms with van der Waals surface area (Å²) in [5.74, 6) is -0.661. The maximum absolute atomic E-state index is 13.4. The first-order valence-electron chi connectivity index (χ1n) is 9.83. The number of anilines is 1. The highest BCUT2D eigenvalue weighted by Gasteiger charge is 2.35. The van der Waals surface area contributed by atoms with Crippen molar-refractivity contribution in [2.75, 3.05) is 12.4 Å². The number of methoxy groups -OCH3 is 1. The zero-order valence-corrected chi connectivity index (χ0v) is 16.1. The van der Waals surface area contributed by atoms with Gasteiger partial charge in [-0.15, -0.1) is 5.10 Å². The molecule has 29 heavy (non-hydrogen) atoms. The van der Waals surface area contributed by atoms with Crippen molar-refractivity contribution in [1.82, 2.24) is 24.1 Å². The Morgan fingerprint density at radius 1 is 1.21 bits per heavy atom. The van der Waals surface area contributed by atoms with Gasteiger partial charge in [-0.2, -0.15) is 4.98 Å². The van der Waals surface area contributed by atoms with Gasteiger partial charge >= 0.3 is 0 Å². The van der Waals surface area contributed by atoms with Crippen LogP contribution in [0.1, 0.15) is 43.5 Å². The van der Waals surface area contributed by atoms with Crippen LogP contribution in [0.4, 0.5) is 14.7 Å². The van der Waals surface area contributed by atoms with Gasteiger partial charge in [0, 0.05) is 55.7 Å². The normalized spacial score (nSPS) is 19.1. The van der Waals surface area contributed by atoms with Crippen LogP contribution in [0.15, 0.2) is 24.7 Å². The van der Waals surface area contributed by atoms with Crippen LogP contribution in [0, 0.1) is 0 Å². The third-order valence-electron chi connectivity index (χ3n) is 5.73. The molecule has 0 atom stereocenters. The second-order valence-electron chi connectivity index (χ2n) is 7.65. The average molecular weight is 400 g/mol. The van der Waals surface area contributed by atoms with Gasteiger partial charge in [0.05, 0.1) is 7.11 Å². The lowest BCUT2D eigenvalue weighted by atomic mass is 9.92. The van der Waals surface area contributed by atoms with E-state index in [1.165, 1.54) is 0 Å². The van der Waals surface area contributed by atoms with E-state index >= 15 is 0 Å². The molecule has 9 heteroatoms. The van der Waals surface area contributed by atoms with Crippen molar-refractivity contribution in [3.8, 4) is 5.88 Å². The second kappa shape index (κ2) is 6.82. The Hall–Kier alpha value is -2.97. The van der Waals surface area contributed by atoms with Crippen LogP contribution in [0.25, 0.3) is 17.3 Å². The van der Waals surface area contributed by atoms with Crippen molar-refractivity contribution in [2.45, 2.75) is 50.5 Å². The Kier molecular flexibility index (Phi) is 4.25. The molecule has 0 amide bonds. The van der Waals surface area contributed by atoms with Crippen molar-refractivity contribution in [1.29, 1.82) is 0 Å². The van der Waals surface area contributed by atoms with E-state index in [0.29, 0.717) is 24.7 Å². The number of nitrogens with one attached hydrogen (secondary N) is 1. The SMILES string of the molecule is COc1nc(NC2CCC(F)(F)CC2)nn2ccc(C3=Cn4ccnc4CC3)c12. The lowest BCUT2D eigenvalue weighted by molar-refractivity contribution is -0.0361. The highest BCUT2D eigenvalue weighted by molar-refractivity contribution is 5.87. The third kappa shape index (κ3) is 3.34. The summed E-state index contributed by atoms with van der Waals surface area (Å²) in [6.07, 6.45) is 10.0. The first kappa shape index (κ1) is 18.1. The molecule has 4 heterocycles. The van der Waals surface area contributed by atoms with E-state index < -0.39 is 5.92 Å². The van der Waals surface area contributed by atoms with Gasteiger partial charge < -0.3 is 14.6 Å². The van der Waals surface area contributed by atoms with Gasteiger partial charge in [0.1, 0.15) is 11.3 Å². The number of allylic oxidation sites excluding steroid dienone is 1. The van der Waals surface area contributed by atoms with Gasteiger partial charge in [-0.25, -0.2) is 18.3 Å². The molecule has 1 saturated carbocycles. The number of rotatable bonds is 4. The van der Waals surface area contributed by atoms with Crippen molar-refractivity contribution in [3.63, 3.8) is 0 Å². The lowest BCUT2D eigenvalue weighted by Crippen LogP contribution is -2.32. The van der Waals surface area contributed by atoms with Crippen LogP contribution in [-0.4, -0.2) is 43.2 Å². The van der Waals surface area contributed by atoms with Gasteiger partial charge in [-0.1, -0.05) is 0 Å². The minimum atomic E-state index is -2.56. The van der Waals surface area contributed by atoms with Crippen LogP contribution < -0.4 is 10.1 Å². The quantitative estimate of drug-likeness (QED) is 0.720. The molecule has 1 aliphatic heterocycles. The van der Waals surface area contributed by atoms with Crippen molar-refractivity contribution in [3.05, 3.63) is 36.0 Å². The number of fused-ring (bicyclic) bond motifs is 2. The fourth-order valence-corrected chi connectivity index (χ4v) is 4.16. The van der Waals surface area contributed by atoms with Crippen LogP contribution in [0.2, 0.25) is 0 Å². The van der Waals surface area contributed by atoms with Crippen molar-refractivity contribution >= 4 is 23.2 Å². The largest absolute Gasteiger partial charge is 0.479 e. The molecule has 0 bridgehead atoms. The summed E-state index contributed by atoms with van der Waals surface area (Å²) in [4.78, 5) is 8.87. The predicted octanol–water partition coefficient (Wildman–Crippen LogP) is 3.87. The van der Waals surface area contributed by atoms with Crippen LogP contribution in [-0.2, 0) is 6.42 Å². The monoisotopic (exact) mass is 400 g/mol. The summed E-state index contributed by atoms with van der Waals surface area (Å²) < 4.78 is 36.1. The maximum Gasteiger partial charge on any atom is 0.248 e. The minimum absolute atomic E-state index is 0.0625. The molecule has 2 aliphatic rings. The number of imidazole rings is 1. The maximum atomic E-state index is 13.4. The van der Waals surface area contributed by atoms with Crippen molar-refractivity contribution < 1.29 is 13.5 Å². The molecule has 0 aromatic carbocycles. The Morgan fingerprint density at radius 3 is 2.83 bits per heavy atom. The highest BCUT2D eigenvalue weighted by Crippen LogP contribution is 2.35. The zero-order chi connectivity index (χ0) is 20.0. The zero-order valence-electron chi connectivity index (χ0n) is 16.1. The average Bonchev–Trinajstić information content (AvgIpc) is 3.35. The molecular weight excluding hydrogens is 378 g/mol. The molecular formula is C20H22F2N6O. The fraction of sp³-hybridized carbons (Fsp3) is 0.450. The number of aryl methyl sites for hydroxylation is 1. The number of alkyl halides is 2. The highest BCUT2D eigenvalue weighted by atomic mass is 19.3. The molecule has 1 aliphatic carbocycles. The van der Waals surface area contributed by atoms with Gasteiger partial charge in [0.2, 0.25) is 17.8 Å². The van der Waals surface area contributed by atoms with Gasteiger partial charge in [0.15, 0.2) is 0 Å². The summed E-state index contributed by atoms with van der Waals surface area (Å²) in [6, 6.07) is 1.94. The Morgan fingerprint density at radius 2 is 2.03 bits per heavy atom. The van der Waals surface area contributed by atoms with E-state index in [2.05, 4.69) is 26.6 Å². The molecule has 0 unspecified atom stereocenters. The van der Waals surface area contributed by atoms with E-state index in [1.54, 1.807) is 17.8 Å². The van der Waals surface area contributed by atoms with Crippen LogP contribution in [0.5, 0.6) is 5.88 Å². The Labute approximate surface area is 166 Å².